The highest BCUT2D eigenvalue weighted by atomic mass is 16.2. The Morgan fingerprint density at radius 2 is 1.39 bits per heavy atom. The lowest BCUT2D eigenvalue weighted by atomic mass is 10.2. The number of amides is 5. The number of nitrogens with zero attached hydrogens (tertiary/aromatic N) is 3. The topological polar surface area (TPSA) is 175 Å². The quantitative estimate of drug-likeness (QED) is 0.120. The Hall–Kier alpha value is -4.39. The van der Waals surface area contributed by atoms with E-state index in [0.29, 0.717) is 22.4 Å². The molecule has 0 atom stereocenters. The molecule has 0 aromatic carbocycles. The summed E-state index contributed by atoms with van der Waals surface area (Å²) in [5, 5.41) is 2.58. The maximum atomic E-state index is 12.7. The molecule has 1 aliphatic rings. The minimum Gasteiger partial charge on any atom is -0.307 e. The second kappa shape index (κ2) is 16.3. The number of nitrogens with one attached hydrogen (secondary N) is 1. The first-order chi connectivity index (χ1) is 15.7. The molecule has 0 fully saturated rings. The smallest absolute Gasteiger partial charge is 0.278 e. The third-order valence-corrected chi connectivity index (χ3v) is 3.74. The number of aldehydes is 2. The summed E-state index contributed by atoms with van der Waals surface area (Å²) in [6, 6.07) is 0. The summed E-state index contributed by atoms with van der Waals surface area (Å²) in [6.45, 7) is 9.93. The first-order valence-electron chi connectivity index (χ1n) is 8.87. The molecule has 0 aromatic heterocycles. The third-order valence-electron chi connectivity index (χ3n) is 3.74. The van der Waals surface area contributed by atoms with E-state index < -0.39 is 48.2 Å². The van der Waals surface area contributed by atoms with Gasteiger partial charge in [0.1, 0.15) is 38.4 Å². The molecule has 5 amide bonds. The Morgan fingerprint density at radius 1 is 0.909 bits per heavy atom. The molecule has 0 bridgehead atoms. The molecule has 1 N–H and O–H groups in total. The van der Waals surface area contributed by atoms with Crippen LogP contribution in [0, 0.1) is 0 Å². The van der Waals surface area contributed by atoms with Crippen LogP contribution in [0.5, 0.6) is 0 Å². The maximum absolute atomic E-state index is 12.7. The van der Waals surface area contributed by atoms with E-state index >= 15 is 0 Å². The molecule has 0 spiro atoms. The molecule has 0 aliphatic carbocycles. The third kappa shape index (κ3) is 8.70. The Morgan fingerprint density at radius 3 is 1.82 bits per heavy atom. The summed E-state index contributed by atoms with van der Waals surface area (Å²) < 4.78 is 0. The van der Waals surface area contributed by atoms with Crippen LogP contribution in [0.3, 0.4) is 0 Å². The number of hydrogen-bond donors (Lipinski definition) is 1. The van der Waals surface area contributed by atoms with E-state index in [1.165, 1.54) is 7.05 Å². The molecule has 1 aliphatic heterocycles. The van der Waals surface area contributed by atoms with Crippen molar-refractivity contribution in [1.82, 2.24) is 20.0 Å². The van der Waals surface area contributed by atoms with E-state index in [1.54, 1.807) is 0 Å². The van der Waals surface area contributed by atoms with Crippen molar-refractivity contribution in [3.05, 3.63) is 36.7 Å². The molecule has 0 radical (unpaired) electrons. The number of carbonyl (C=O) groups is 9. The predicted molar refractivity (Wildman–Crippen MR) is 112 cm³/mol. The van der Waals surface area contributed by atoms with Crippen molar-refractivity contribution >= 4 is 55.7 Å². The van der Waals surface area contributed by atoms with Crippen molar-refractivity contribution in [1.29, 1.82) is 0 Å². The van der Waals surface area contributed by atoms with Gasteiger partial charge < -0.3 is 29.4 Å². The zero-order valence-corrected chi connectivity index (χ0v) is 18.0. The van der Waals surface area contributed by atoms with Crippen LogP contribution >= 0.6 is 0 Å². The normalized spacial score (nSPS) is 11.2. The Labute approximate surface area is 189 Å². The molecule has 0 unspecified atom stereocenters. The maximum Gasteiger partial charge on any atom is 0.278 e. The van der Waals surface area contributed by atoms with Gasteiger partial charge in [0.15, 0.2) is 0 Å². The number of imide groups is 2. The van der Waals surface area contributed by atoms with Crippen LogP contribution in [-0.2, 0) is 43.2 Å². The second-order valence-corrected chi connectivity index (χ2v) is 5.72. The molecule has 1 rings (SSSR count). The Bertz CT molecular complexity index is 808. The first kappa shape index (κ1) is 30.8. The van der Waals surface area contributed by atoms with E-state index in [9.17, 15) is 33.6 Å². The van der Waals surface area contributed by atoms with Gasteiger partial charge in [-0.3, -0.25) is 28.9 Å². The number of carbonyl (C=O) groups excluding carboxylic acids is 9. The standard InChI is InChI=1S/C18H20N4O7.2CH2O/c1-12(6-8-23)20(14(25)7-9-24)10-17(28)21(11-19-3)18(29)13(2)22-15(26)4-5-16(22)27;2*1-2/h4-5,8-9,19H,1-2,6-7,10-11H2,3H3;2*1H2. The van der Waals surface area contributed by atoms with Gasteiger partial charge >= 0.3 is 0 Å². The van der Waals surface area contributed by atoms with Crippen molar-refractivity contribution in [3.63, 3.8) is 0 Å². The summed E-state index contributed by atoms with van der Waals surface area (Å²) >= 11 is 0. The van der Waals surface area contributed by atoms with Crippen molar-refractivity contribution in [3.8, 4) is 0 Å². The van der Waals surface area contributed by atoms with E-state index in [1.807, 2.05) is 13.6 Å². The fourth-order valence-electron chi connectivity index (χ4n) is 2.33. The summed E-state index contributed by atoms with van der Waals surface area (Å²) in [7, 11) is 1.44. The number of allylic oxidation sites excluding steroid dienone is 1. The van der Waals surface area contributed by atoms with Gasteiger partial charge in [-0.2, -0.15) is 0 Å². The largest absolute Gasteiger partial charge is 0.307 e. The molecule has 1 heterocycles. The lowest BCUT2D eigenvalue weighted by Crippen LogP contribution is -2.50. The van der Waals surface area contributed by atoms with E-state index in [-0.39, 0.29) is 18.8 Å². The summed E-state index contributed by atoms with van der Waals surface area (Å²) in [6.07, 6.45) is 1.86. The minimum atomic E-state index is -1.04. The van der Waals surface area contributed by atoms with Gasteiger partial charge in [-0.05, 0) is 7.05 Å². The highest BCUT2D eigenvalue weighted by Gasteiger charge is 2.34. The molecule has 33 heavy (non-hydrogen) atoms. The van der Waals surface area contributed by atoms with E-state index in [2.05, 4.69) is 18.5 Å². The van der Waals surface area contributed by atoms with Crippen LogP contribution in [0.25, 0.3) is 0 Å². The van der Waals surface area contributed by atoms with Crippen LogP contribution in [-0.4, -0.2) is 90.6 Å². The fourth-order valence-corrected chi connectivity index (χ4v) is 2.33. The van der Waals surface area contributed by atoms with Crippen LogP contribution in [0.4, 0.5) is 0 Å². The molecule has 0 saturated heterocycles. The average Bonchev–Trinajstić information content (AvgIpc) is 3.15. The van der Waals surface area contributed by atoms with Gasteiger partial charge in [0.05, 0.1) is 13.1 Å². The van der Waals surface area contributed by atoms with E-state index in [4.69, 9.17) is 9.59 Å². The fraction of sp³-hybridized carbons (Fsp3) is 0.250. The lowest BCUT2D eigenvalue weighted by Gasteiger charge is -2.28. The van der Waals surface area contributed by atoms with Crippen molar-refractivity contribution in [2.75, 3.05) is 20.3 Å². The summed E-state index contributed by atoms with van der Waals surface area (Å²) in [4.78, 5) is 100. The Balaban J connectivity index is 0. The van der Waals surface area contributed by atoms with Crippen LogP contribution in [0.2, 0.25) is 0 Å². The van der Waals surface area contributed by atoms with Gasteiger partial charge in [-0.1, -0.05) is 13.2 Å². The molecule has 13 nitrogen and oxygen atoms in total. The highest BCUT2D eigenvalue weighted by molar-refractivity contribution is 6.19. The SMILES string of the molecule is C=C(CC=O)N(CC(=O)N(CNC)C(=O)C(=C)N1C(=O)C=CC1=O)C(=O)CC=O.C=O.C=O. The first-order valence-corrected chi connectivity index (χ1v) is 8.87. The van der Waals surface area contributed by atoms with Crippen LogP contribution < -0.4 is 5.32 Å². The average molecular weight is 464 g/mol. The molecule has 178 valence electrons. The molecular formula is C20H24N4O9. The Kier molecular flexibility index (Phi) is 15.2. The highest BCUT2D eigenvalue weighted by Crippen LogP contribution is 2.15. The monoisotopic (exact) mass is 464 g/mol. The van der Waals surface area contributed by atoms with Gasteiger partial charge in [-0.15, -0.1) is 0 Å². The second-order valence-electron chi connectivity index (χ2n) is 5.72. The van der Waals surface area contributed by atoms with E-state index in [0.717, 1.165) is 17.1 Å². The summed E-state index contributed by atoms with van der Waals surface area (Å²) in [5.74, 6) is -4.31. The van der Waals surface area contributed by atoms with Crippen molar-refractivity contribution in [2.45, 2.75) is 12.8 Å². The molecule has 0 saturated carbocycles. The lowest BCUT2D eigenvalue weighted by molar-refractivity contribution is -0.149. The van der Waals surface area contributed by atoms with Crippen molar-refractivity contribution in [2.24, 2.45) is 0 Å². The zero-order chi connectivity index (χ0) is 26.1. The minimum absolute atomic E-state index is 0.0371. The predicted octanol–water partition coefficient (Wildman–Crippen LogP) is -1.89. The van der Waals surface area contributed by atoms with Crippen LogP contribution in [0.1, 0.15) is 12.8 Å². The van der Waals surface area contributed by atoms with Gasteiger partial charge in [0, 0.05) is 24.3 Å². The van der Waals surface area contributed by atoms with Crippen molar-refractivity contribution < 1.29 is 43.2 Å². The number of rotatable bonds is 11. The van der Waals surface area contributed by atoms with Gasteiger partial charge in [0.2, 0.25) is 5.91 Å². The summed E-state index contributed by atoms with van der Waals surface area (Å²) in [5.41, 5.74) is -0.587. The molecule has 13 heteroatoms. The zero-order valence-electron chi connectivity index (χ0n) is 18.0. The molecular weight excluding hydrogens is 440 g/mol. The van der Waals surface area contributed by atoms with Gasteiger partial charge in [0.25, 0.3) is 23.6 Å². The van der Waals surface area contributed by atoms with Gasteiger partial charge in [-0.25, -0.2) is 4.90 Å². The molecule has 0 aromatic rings. The number of hydrogen-bond acceptors (Lipinski definition) is 10. The van der Waals surface area contributed by atoms with Crippen LogP contribution in [0.15, 0.2) is 36.7 Å².